The molecule has 1 aliphatic rings. The van der Waals surface area contributed by atoms with Crippen LogP contribution in [0.15, 0.2) is 24.3 Å². The lowest BCUT2D eigenvalue weighted by Gasteiger charge is -2.30. The Kier molecular flexibility index (Phi) is 3.78. The first-order valence-corrected chi connectivity index (χ1v) is 8.32. The fourth-order valence-corrected chi connectivity index (χ4v) is 2.97. The third kappa shape index (κ3) is 2.59. The van der Waals surface area contributed by atoms with Crippen LogP contribution in [0.2, 0.25) is 0 Å². The van der Waals surface area contributed by atoms with Crippen molar-refractivity contribution >= 4 is 9.84 Å². The van der Waals surface area contributed by atoms with E-state index in [1.807, 2.05) is 24.3 Å². The summed E-state index contributed by atoms with van der Waals surface area (Å²) in [5, 5.41) is 9.53. The van der Waals surface area contributed by atoms with E-state index in [1.165, 1.54) is 12.7 Å². The molecule has 1 aromatic carbocycles. The summed E-state index contributed by atoms with van der Waals surface area (Å²) in [6, 6.07) is 7.67. The molecule has 2 unspecified atom stereocenters. The fourth-order valence-electron chi connectivity index (χ4n) is 2.36. The van der Waals surface area contributed by atoms with E-state index in [9.17, 15) is 13.5 Å². The molecule has 1 aliphatic carbocycles. The molecule has 1 saturated carbocycles. The van der Waals surface area contributed by atoms with Gasteiger partial charge in [0.1, 0.15) is 0 Å². The van der Waals surface area contributed by atoms with Crippen molar-refractivity contribution in [2.75, 3.05) is 6.26 Å². The van der Waals surface area contributed by atoms with Gasteiger partial charge in [-0.2, -0.15) is 0 Å². The molecular weight excluding hydrogens is 248 g/mol. The van der Waals surface area contributed by atoms with Crippen molar-refractivity contribution in [3.63, 3.8) is 0 Å². The molecule has 18 heavy (non-hydrogen) atoms. The van der Waals surface area contributed by atoms with Crippen LogP contribution in [0.5, 0.6) is 0 Å². The average molecular weight is 268 g/mol. The average Bonchev–Trinajstić information content (AvgIpc) is 2.24. The highest BCUT2D eigenvalue weighted by atomic mass is 32.2. The number of hydrogen-bond acceptors (Lipinski definition) is 3. The summed E-state index contributed by atoms with van der Waals surface area (Å²) in [5.74, 6) is 0.489. The number of benzene rings is 1. The van der Waals surface area contributed by atoms with Crippen LogP contribution in [-0.2, 0) is 9.84 Å². The zero-order valence-electron chi connectivity index (χ0n) is 10.8. The maximum absolute atomic E-state index is 11.6. The van der Waals surface area contributed by atoms with E-state index in [2.05, 4.69) is 0 Å². The molecular formula is C14H20O3S. The van der Waals surface area contributed by atoms with Crippen molar-refractivity contribution in [3.05, 3.63) is 35.4 Å². The van der Waals surface area contributed by atoms with Crippen molar-refractivity contribution in [1.82, 2.24) is 0 Å². The molecule has 0 saturated heterocycles. The van der Waals surface area contributed by atoms with Crippen LogP contribution in [0, 0.1) is 0 Å². The maximum Gasteiger partial charge on any atom is 0.152 e. The topological polar surface area (TPSA) is 54.4 Å². The number of aliphatic hydroxyl groups excluding tert-OH is 1. The summed E-state index contributed by atoms with van der Waals surface area (Å²) < 4.78 is 23.1. The van der Waals surface area contributed by atoms with Crippen LogP contribution in [0.4, 0.5) is 0 Å². The van der Waals surface area contributed by atoms with Crippen LogP contribution in [-0.4, -0.2) is 25.0 Å². The van der Waals surface area contributed by atoms with Crippen LogP contribution < -0.4 is 0 Å². The summed E-state index contributed by atoms with van der Waals surface area (Å²) >= 11 is 0. The Bertz CT molecular complexity index is 518. The van der Waals surface area contributed by atoms with Gasteiger partial charge < -0.3 is 5.11 Å². The molecule has 1 fully saturated rings. The van der Waals surface area contributed by atoms with E-state index in [-0.39, 0.29) is 0 Å². The smallest absolute Gasteiger partial charge is 0.152 e. The molecule has 0 aliphatic heterocycles. The van der Waals surface area contributed by atoms with Gasteiger partial charge in [-0.15, -0.1) is 0 Å². The van der Waals surface area contributed by atoms with Gasteiger partial charge in [-0.25, -0.2) is 8.42 Å². The summed E-state index contributed by atoms with van der Waals surface area (Å²) in [6.07, 6.45) is 3.73. The molecule has 0 amide bonds. The standard InChI is InChI=1S/C14H20O3S/c1-10(18(2,16)17)14(15)13-9-4-3-8-12(13)11-6-5-7-11/h3-4,8-11,14-15H,5-7H2,1-2H3. The SMILES string of the molecule is CC(C(O)c1ccccc1C1CCC1)S(C)(=O)=O. The highest BCUT2D eigenvalue weighted by Gasteiger charge is 2.30. The lowest BCUT2D eigenvalue weighted by atomic mass is 9.77. The monoisotopic (exact) mass is 268 g/mol. The van der Waals surface area contributed by atoms with Crippen molar-refractivity contribution in [2.24, 2.45) is 0 Å². The molecule has 2 atom stereocenters. The summed E-state index contributed by atoms with van der Waals surface area (Å²) in [6.45, 7) is 1.57. The molecule has 0 bridgehead atoms. The van der Waals surface area contributed by atoms with E-state index in [4.69, 9.17) is 0 Å². The van der Waals surface area contributed by atoms with E-state index in [1.54, 1.807) is 6.92 Å². The predicted octanol–water partition coefficient (Wildman–Crippen LogP) is 2.42. The molecule has 4 heteroatoms. The Morgan fingerprint density at radius 3 is 2.39 bits per heavy atom. The number of sulfone groups is 1. The lowest BCUT2D eigenvalue weighted by molar-refractivity contribution is 0.173. The van der Waals surface area contributed by atoms with Crippen molar-refractivity contribution in [2.45, 2.75) is 43.5 Å². The minimum absolute atomic E-state index is 0.489. The normalized spacial score (nSPS) is 20.2. The third-order valence-electron chi connectivity index (χ3n) is 3.98. The predicted molar refractivity (Wildman–Crippen MR) is 72.3 cm³/mol. The van der Waals surface area contributed by atoms with Gasteiger partial charge in [-0.05, 0) is 36.8 Å². The van der Waals surface area contributed by atoms with E-state index in [0.29, 0.717) is 5.92 Å². The quantitative estimate of drug-likeness (QED) is 0.912. The van der Waals surface area contributed by atoms with Crippen molar-refractivity contribution in [3.8, 4) is 0 Å². The first-order valence-electron chi connectivity index (χ1n) is 6.37. The molecule has 2 rings (SSSR count). The molecule has 0 aromatic heterocycles. The van der Waals surface area contributed by atoms with Crippen LogP contribution in [0.1, 0.15) is 49.3 Å². The van der Waals surface area contributed by atoms with Crippen molar-refractivity contribution < 1.29 is 13.5 Å². The maximum atomic E-state index is 11.6. The van der Waals surface area contributed by atoms with Crippen LogP contribution >= 0.6 is 0 Å². The zero-order chi connectivity index (χ0) is 13.3. The zero-order valence-corrected chi connectivity index (χ0v) is 11.7. The van der Waals surface area contributed by atoms with Gasteiger partial charge in [0.25, 0.3) is 0 Å². The second-order valence-electron chi connectivity index (χ2n) is 5.24. The van der Waals surface area contributed by atoms with Crippen molar-refractivity contribution in [1.29, 1.82) is 0 Å². The molecule has 1 N–H and O–H groups in total. The molecule has 3 nitrogen and oxygen atoms in total. The molecule has 0 radical (unpaired) electrons. The summed E-state index contributed by atoms with van der Waals surface area (Å²) in [5.41, 5.74) is 1.90. The van der Waals surface area contributed by atoms with Gasteiger partial charge in [0.05, 0.1) is 11.4 Å². The summed E-state index contributed by atoms with van der Waals surface area (Å²) in [4.78, 5) is 0. The van der Waals surface area contributed by atoms with E-state index < -0.39 is 21.2 Å². The fraction of sp³-hybridized carbons (Fsp3) is 0.571. The first-order chi connectivity index (χ1) is 8.41. The highest BCUT2D eigenvalue weighted by molar-refractivity contribution is 7.91. The number of aliphatic hydroxyl groups is 1. The van der Waals surface area contributed by atoms with Gasteiger partial charge >= 0.3 is 0 Å². The van der Waals surface area contributed by atoms with Gasteiger partial charge in [-0.1, -0.05) is 30.7 Å². The highest BCUT2D eigenvalue weighted by Crippen LogP contribution is 2.40. The van der Waals surface area contributed by atoms with E-state index >= 15 is 0 Å². The second kappa shape index (κ2) is 5.02. The van der Waals surface area contributed by atoms with Gasteiger partial charge in [0, 0.05) is 6.26 Å². The Balaban J connectivity index is 2.32. The first kappa shape index (κ1) is 13.6. The largest absolute Gasteiger partial charge is 0.387 e. The van der Waals surface area contributed by atoms with Gasteiger partial charge in [-0.3, -0.25) is 0 Å². The van der Waals surface area contributed by atoms with E-state index in [0.717, 1.165) is 24.0 Å². The minimum atomic E-state index is -3.23. The summed E-state index contributed by atoms with van der Waals surface area (Å²) in [7, 11) is -3.23. The third-order valence-corrected chi connectivity index (χ3v) is 5.59. The second-order valence-corrected chi connectivity index (χ2v) is 7.64. The van der Waals surface area contributed by atoms with Crippen LogP contribution in [0.25, 0.3) is 0 Å². The Labute approximate surface area is 109 Å². The Morgan fingerprint density at radius 2 is 1.89 bits per heavy atom. The molecule has 100 valence electrons. The molecule has 0 spiro atoms. The Morgan fingerprint density at radius 1 is 1.28 bits per heavy atom. The lowest BCUT2D eigenvalue weighted by Crippen LogP contribution is -2.26. The molecule has 1 aromatic rings. The minimum Gasteiger partial charge on any atom is -0.387 e. The number of hydrogen-bond donors (Lipinski definition) is 1. The Hall–Kier alpha value is -0.870. The van der Waals surface area contributed by atoms with Gasteiger partial charge in [0.2, 0.25) is 0 Å². The van der Waals surface area contributed by atoms with Crippen LogP contribution in [0.3, 0.4) is 0 Å². The molecule has 0 heterocycles. The van der Waals surface area contributed by atoms with Gasteiger partial charge in [0.15, 0.2) is 9.84 Å². The number of rotatable bonds is 4.